The average molecular weight is 438 g/mol. The maximum atomic E-state index is 12.8. The van der Waals surface area contributed by atoms with Crippen LogP contribution in [0, 0.1) is 5.41 Å². The van der Waals surface area contributed by atoms with Gasteiger partial charge in [0.15, 0.2) is 0 Å². The Balaban J connectivity index is 1.48. The maximum Gasteiger partial charge on any atom is 0.330 e. The summed E-state index contributed by atoms with van der Waals surface area (Å²) in [5.41, 5.74) is 1.68. The molecule has 0 radical (unpaired) electrons. The number of pyridine rings is 2. The van der Waals surface area contributed by atoms with E-state index in [9.17, 15) is 9.59 Å². The predicted octanol–water partition coefficient (Wildman–Crippen LogP) is 2.70. The lowest BCUT2D eigenvalue weighted by Gasteiger charge is -2.33. The Hall–Kier alpha value is -3.46. The molecule has 0 bridgehead atoms. The molecule has 0 aliphatic carbocycles. The Labute approximate surface area is 186 Å². The zero-order valence-corrected chi connectivity index (χ0v) is 18.7. The standard InChI is InChI=1S/C23H27N5O4/c1-23(2,3)22(30)32-27-11-12-28(20(29)14-27)18-13-26(4)21-17(18)8-9-19(25-21)31-15-16-7-5-6-10-24-16/h5-10,13H,11-12,14-15H2,1-4H3. The number of ether oxygens (including phenoxy) is 1. The van der Waals surface area contributed by atoms with Crippen LogP contribution >= 0.6 is 0 Å². The van der Waals surface area contributed by atoms with Crippen molar-refractivity contribution in [1.29, 1.82) is 0 Å². The van der Waals surface area contributed by atoms with Crippen molar-refractivity contribution in [2.24, 2.45) is 12.5 Å². The number of anilines is 1. The quantitative estimate of drug-likeness (QED) is 0.606. The molecule has 0 N–H and O–H groups in total. The van der Waals surface area contributed by atoms with Crippen LogP contribution in [0.5, 0.6) is 5.88 Å². The lowest BCUT2D eigenvalue weighted by Crippen LogP contribution is -2.51. The fourth-order valence-corrected chi connectivity index (χ4v) is 3.38. The molecule has 1 aliphatic rings. The zero-order chi connectivity index (χ0) is 22.9. The summed E-state index contributed by atoms with van der Waals surface area (Å²) < 4.78 is 7.66. The molecular weight excluding hydrogens is 410 g/mol. The first kappa shape index (κ1) is 21.8. The molecule has 4 rings (SSSR count). The van der Waals surface area contributed by atoms with E-state index in [-0.39, 0.29) is 18.4 Å². The second kappa shape index (κ2) is 8.58. The third kappa shape index (κ3) is 4.57. The van der Waals surface area contributed by atoms with Gasteiger partial charge in [-0.3, -0.25) is 9.78 Å². The van der Waals surface area contributed by atoms with Crippen LogP contribution in [0.2, 0.25) is 0 Å². The number of nitrogens with zero attached hydrogens (tertiary/aromatic N) is 5. The first-order valence-electron chi connectivity index (χ1n) is 10.5. The zero-order valence-electron chi connectivity index (χ0n) is 18.7. The molecule has 1 aliphatic heterocycles. The predicted molar refractivity (Wildman–Crippen MR) is 119 cm³/mol. The summed E-state index contributed by atoms with van der Waals surface area (Å²) in [5, 5.41) is 2.28. The van der Waals surface area contributed by atoms with Crippen LogP contribution in [-0.4, -0.2) is 51.1 Å². The van der Waals surface area contributed by atoms with E-state index in [2.05, 4.69) is 9.97 Å². The van der Waals surface area contributed by atoms with Gasteiger partial charge < -0.3 is 19.0 Å². The summed E-state index contributed by atoms with van der Waals surface area (Å²) in [6.45, 7) is 6.53. The summed E-state index contributed by atoms with van der Waals surface area (Å²) >= 11 is 0. The number of fused-ring (bicyclic) bond motifs is 1. The van der Waals surface area contributed by atoms with Crippen LogP contribution in [0.15, 0.2) is 42.7 Å². The van der Waals surface area contributed by atoms with Crippen LogP contribution < -0.4 is 9.64 Å². The van der Waals surface area contributed by atoms with E-state index in [1.165, 1.54) is 5.06 Å². The van der Waals surface area contributed by atoms with Crippen molar-refractivity contribution in [2.75, 3.05) is 24.5 Å². The summed E-state index contributed by atoms with van der Waals surface area (Å²) in [7, 11) is 1.88. The lowest BCUT2D eigenvalue weighted by molar-refractivity contribution is -0.202. The molecule has 0 aromatic carbocycles. The van der Waals surface area contributed by atoms with Gasteiger partial charge in [-0.15, -0.1) is 5.06 Å². The van der Waals surface area contributed by atoms with Crippen molar-refractivity contribution in [3.8, 4) is 5.88 Å². The minimum absolute atomic E-state index is 0.0108. The van der Waals surface area contributed by atoms with E-state index in [0.29, 0.717) is 31.2 Å². The number of hydrogen-bond donors (Lipinski definition) is 0. The van der Waals surface area contributed by atoms with E-state index in [4.69, 9.17) is 9.57 Å². The SMILES string of the molecule is Cn1cc(N2CCN(OC(=O)C(C)(C)C)CC2=O)c2ccc(OCc3ccccn3)nc21. The number of hydroxylamine groups is 2. The summed E-state index contributed by atoms with van der Waals surface area (Å²) in [4.78, 5) is 40.9. The third-order valence-electron chi connectivity index (χ3n) is 5.17. The normalized spacial score (nSPS) is 15.2. The molecule has 9 heteroatoms. The van der Waals surface area contributed by atoms with Gasteiger partial charge in [0.2, 0.25) is 11.8 Å². The molecule has 1 saturated heterocycles. The fourth-order valence-electron chi connectivity index (χ4n) is 3.38. The Morgan fingerprint density at radius 3 is 2.66 bits per heavy atom. The topological polar surface area (TPSA) is 89.8 Å². The Kier molecular flexibility index (Phi) is 5.84. The highest BCUT2D eigenvalue weighted by Gasteiger charge is 2.32. The molecule has 0 unspecified atom stereocenters. The van der Waals surface area contributed by atoms with Crippen molar-refractivity contribution in [2.45, 2.75) is 27.4 Å². The van der Waals surface area contributed by atoms with Crippen molar-refractivity contribution in [3.05, 3.63) is 48.4 Å². The number of carbonyl (C=O) groups is 2. The van der Waals surface area contributed by atoms with Crippen LogP contribution in [0.3, 0.4) is 0 Å². The van der Waals surface area contributed by atoms with Gasteiger partial charge in [0.25, 0.3) is 0 Å². The molecule has 1 amide bonds. The van der Waals surface area contributed by atoms with E-state index < -0.39 is 5.41 Å². The van der Waals surface area contributed by atoms with Crippen LogP contribution in [0.1, 0.15) is 26.5 Å². The van der Waals surface area contributed by atoms with E-state index >= 15 is 0 Å². The number of rotatable bonds is 5. The highest BCUT2D eigenvalue weighted by atomic mass is 16.7. The molecule has 0 atom stereocenters. The van der Waals surface area contributed by atoms with Crippen LogP contribution in [-0.2, 0) is 28.1 Å². The lowest BCUT2D eigenvalue weighted by atomic mass is 9.98. The Morgan fingerprint density at radius 2 is 1.97 bits per heavy atom. The molecule has 3 aromatic rings. The van der Waals surface area contributed by atoms with Crippen molar-refractivity contribution >= 4 is 28.6 Å². The fraction of sp³-hybridized carbons (Fsp3) is 0.391. The van der Waals surface area contributed by atoms with Gasteiger partial charge in [-0.1, -0.05) is 6.07 Å². The monoisotopic (exact) mass is 437 g/mol. The summed E-state index contributed by atoms with van der Waals surface area (Å²) in [6, 6.07) is 9.36. The molecule has 168 valence electrons. The van der Waals surface area contributed by atoms with Crippen molar-refractivity contribution < 1.29 is 19.2 Å². The third-order valence-corrected chi connectivity index (χ3v) is 5.17. The Morgan fingerprint density at radius 1 is 1.16 bits per heavy atom. The molecule has 0 saturated carbocycles. The molecule has 1 fully saturated rings. The van der Waals surface area contributed by atoms with Gasteiger partial charge in [-0.25, -0.2) is 4.79 Å². The first-order valence-corrected chi connectivity index (χ1v) is 10.5. The second-order valence-corrected chi connectivity index (χ2v) is 8.79. The number of carbonyl (C=O) groups excluding carboxylic acids is 2. The Bertz CT molecular complexity index is 1140. The van der Waals surface area contributed by atoms with E-state index in [0.717, 1.165) is 16.8 Å². The largest absolute Gasteiger partial charge is 0.471 e. The molecule has 3 aromatic heterocycles. The average Bonchev–Trinajstić information content (AvgIpc) is 3.08. The second-order valence-electron chi connectivity index (χ2n) is 8.79. The van der Waals surface area contributed by atoms with Gasteiger partial charge >= 0.3 is 5.97 Å². The smallest absolute Gasteiger partial charge is 0.330 e. The first-order chi connectivity index (χ1) is 15.2. The van der Waals surface area contributed by atoms with E-state index in [1.54, 1.807) is 37.9 Å². The van der Waals surface area contributed by atoms with Crippen LogP contribution in [0.4, 0.5) is 5.69 Å². The highest BCUT2D eigenvalue weighted by molar-refractivity contribution is 6.04. The van der Waals surface area contributed by atoms with E-state index in [1.807, 2.05) is 42.1 Å². The van der Waals surface area contributed by atoms with Crippen molar-refractivity contribution in [1.82, 2.24) is 19.6 Å². The van der Waals surface area contributed by atoms with Gasteiger partial charge in [0.1, 0.15) is 18.8 Å². The molecule has 4 heterocycles. The molecule has 32 heavy (non-hydrogen) atoms. The van der Waals surface area contributed by atoms with Gasteiger partial charge in [-0.2, -0.15) is 4.98 Å². The molecular formula is C23H27N5O4. The minimum Gasteiger partial charge on any atom is -0.471 e. The number of aryl methyl sites for hydroxylation is 1. The summed E-state index contributed by atoms with van der Waals surface area (Å²) in [6.07, 6.45) is 3.61. The molecule has 9 nitrogen and oxygen atoms in total. The number of hydrogen-bond acceptors (Lipinski definition) is 7. The number of aromatic nitrogens is 3. The summed E-state index contributed by atoms with van der Waals surface area (Å²) in [5.74, 6) is -0.00609. The minimum atomic E-state index is -0.627. The number of amides is 1. The van der Waals surface area contributed by atoms with Crippen molar-refractivity contribution in [3.63, 3.8) is 0 Å². The van der Waals surface area contributed by atoms with Gasteiger partial charge in [-0.05, 0) is 39.0 Å². The van der Waals surface area contributed by atoms with Gasteiger partial charge in [0.05, 0.1) is 23.3 Å². The molecule has 0 spiro atoms. The number of piperazine rings is 1. The van der Waals surface area contributed by atoms with Crippen LogP contribution in [0.25, 0.3) is 11.0 Å². The highest BCUT2D eigenvalue weighted by Crippen LogP contribution is 2.30. The maximum absolute atomic E-state index is 12.8. The van der Waals surface area contributed by atoms with Gasteiger partial charge in [0, 0.05) is 37.4 Å².